The molecule has 0 saturated carbocycles. The first-order valence-electron chi connectivity index (χ1n) is 4.16. The van der Waals surface area contributed by atoms with Crippen molar-refractivity contribution in [1.82, 2.24) is 5.32 Å². The van der Waals surface area contributed by atoms with Gasteiger partial charge < -0.3 is 10.4 Å². The smallest absolute Gasteiger partial charge is 0.0636 e. The molecular formula is C8H19NO. The summed E-state index contributed by atoms with van der Waals surface area (Å²) in [5.41, 5.74) is 0. The fourth-order valence-corrected chi connectivity index (χ4v) is 0.811. The Labute approximate surface area is 63.6 Å². The molecule has 0 aliphatic rings. The molecule has 0 aromatic rings. The molecule has 0 spiro atoms. The number of aliphatic hydroxyl groups excluding tert-OH is 1. The molecule has 0 amide bonds. The number of hydrogen-bond acceptors (Lipinski definition) is 2. The Morgan fingerprint density at radius 3 is 2.60 bits per heavy atom. The van der Waals surface area contributed by atoms with E-state index in [0.29, 0.717) is 0 Å². The topological polar surface area (TPSA) is 32.3 Å². The SMILES string of the molecule is CCCCCNC[C@H](C)O. The molecule has 62 valence electrons. The first-order valence-corrected chi connectivity index (χ1v) is 4.16. The highest BCUT2D eigenvalue weighted by Gasteiger charge is 1.92. The number of aliphatic hydroxyl groups is 1. The molecule has 0 heterocycles. The van der Waals surface area contributed by atoms with Crippen molar-refractivity contribution in [2.24, 2.45) is 0 Å². The molecule has 10 heavy (non-hydrogen) atoms. The van der Waals surface area contributed by atoms with E-state index in [-0.39, 0.29) is 6.10 Å². The lowest BCUT2D eigenvalue weighted by molar-refractivity contribution is 0.191. The summed E-state index contributed by atoms with van der Waals surface area (Å²) in [4.78, 5) is 0. The fourth-order valence-electron chi connectivity index (χ4n) is 0.811. The zero-order valence-electron chi connectivity index (χ0n) is 7.06. The third-order valence-corrected chi connectivity index (χ3v) is 1.40. The average Bonchev–Trinajstić information content (AvgIpc) is 1.87. The second-order valence-electron chi connectivity index (χ2n) is 2.76. The average molecular weight is 145 g/mol. The van der Waals surface area contributed by atoms with Crippen LogP contribution in [0.5, 0.6) is 0 Å². The number of nitrogens with one attached hydrogen (secondary N) is 1. The molecule has 0 unspecified atom stereocenters. The van der Waals surface area contributed by atoms with E-state index in [1.165, 1.54) is 19.3 Å². The van der Waals surface area contributed by atoms with Gasteiger partial charge in [-0.2, -0.15) is 0 Å². The molecule has 0 radical (unpaired) electrons. The lowest BCUT2D eigenvalue weighted by atomic mass is 10.2. The Morgan fingerprint density at radius 2 is 2.10 bits per heavy atom. The van der Waals surface area contributed by atoms with Crippen molar-refractivity contribution in [3.05, 3.63) is 0 Å². The van der Waals surface area contributed by atoms with Gasteiger partial charge in [-0.3, -0.25) is 0 Å². The van der Waals surface area contributed by atoms with Crippen LogP contribution in [0.4, 0.5) is 0 Å². The zero-order chi connectivity index (χ0) is 7.82. The second-order valence-corrected chi connectivity index (χ2v) is 2.76. The molecule has 0 aromatic carbocycles. The highest BCUT2D eigenvalue weighted by Crippen LogP contribution is 1.90. The predicted octanol–water partition coefficient (Wildman–Crippen LogP) is 1.15. The van der Waals surface area contributed by atoms with Crippen molar-refractivity contribution >= 4 is 0 Å². The Bertz CT molecular complexity index is 64.3. The third kappa shape index (κ3) is 7.92. The van der Waals surface area contributed by atoms with Crippen LogP contribution in [0.1, 0.15) is 33.1 Å². The normalized spacial score (nSPS) is 13.5. The largest absolute Gasteiger partial charge is 0.392 e. The van der Waals surface area contributed by atoms with Gasteiger partial charge in [-0.05, 0) is 19.9 Å². The highest BCUT2D eigenvalue weighted by molar-refractivity contribution is 4.52. The molecule has 0 aromatic heterocycles. The summed E-state index contributed by atoms with van der Waals surface area (Å²) in [5, 5.41) is 12.0. The number of hydrogen-bond donors (Lipinski definition) is 2. The van der Waals surface area contributed by atoms with Gasteiger partial charge in [0, 0.05) is 6.54 Å². The molecule has 0 rings (SSSR count). The summed E-state index contributed by atoms with van der Waals surface area (Å²) in [6.07, 6.45) is 3.56. The van der Waals surface area contributed by atoms with Gasteiger partial charge in [0.2, 0.25) is 0 Å². The molecule has 0 aliphatic heterocycles. The van der Waals surface area contributed by atoms with Crippen molar-refractivity contribution in [3.8, 4) is 0 Å². The van der Waals surface area contributed by atoms with E-state index in [9.17, 15) is 0 Å². The van der Waals surface area contributed by atoms with Gasteiger partial charge >= 0.3 is 0 Å². The van der Waals surface area contributed by atoms with Gasteiger partial charge in [-0.15, -0.1) is 0 Å². The molecule has 0 saturated heterocycles. The van der Waals surface area contributed by atoms with Crippen molar-refractivity contribution in [2.75, 3.05) is 13.1 Å². The van der Waals surface area contributed by atoms with E-state index in [1.54, 1.807) is 6.92 Å². The van der Waals surface area contributed by atoms with E-state index < -0.39 is 0 Å². The van der Waals surface area contributed by atoms with Gasteiger partial charge in [0.1, 0.15) is 0 Å². The van der Waals surface area contributed by atoms with Crippen molar-refractivity contribution in [1.29, 1.82) is 0 Å². The quantitative estimate of drug-likeness (QED) is 0.549. The van der Waals surface area contributed by atoms with Crippen LogP contribution in [0.3, 0.4) is 0 Å². The van der Waals surface area contributed by atoms with Gasteiger partial charge in [-0.1, -0.05) is 19.8 Å². The lowest BCUT2D eigenvalue weighted by Crippen LogP contribution is -2.25. The van der Waals surface area contributed by atoms with Crippen molar-refractivity contribution in [3.63, 3.8) is 0 Å². The minimum atomic E-state index is -0.207. The van der Waals surface area contributed by atoms with Crippen molar-refractivity contribution < 1.29 is 5.11 Å². The summed E-state index contributed by atoms with van der Waals surface area (Å²) in [6, 6.07) is 0. The second kappa shape index (κ2) is 7.03. The Kier molecular flexibility index (Phi) is 6.98. The monoisotopic (exact) mass is 145 g/mol. The summed E-state index contributed by atoms with van der Waals surface area (Å²) in [6.45, 7) is 5.75. The van der Waals surface area contributed by atoms with Crippen LogP contribution in [0, 0.1) is 0 Å². The molecule has 0 bridgehead atoms. The fraction of sp³-hybridized carbons (Fsp3) is 1.00. The summed E-state index contributed by atoms with van der Waals surface area (Å²) < 4.78 is 0. The van der Waals surface area contributed by atoms with Gasteiger partial charge in [-0.25, -0.2) is 0 Å². The number of rotatable bonds is 6. The maximum atomic E-state index is 8.85. The maximum Gasteiger partial charge on any atom is 0.0636 e. The van der Waals surface area contributed by atoms with Crippen LogP contribution in [0.25, 0.3) is 0 Å². The molecule has 2 N–H and O–H groups in total. The van der Waals surface area contributed by atoms with E-state index in [4.69, 9.17) is 5.11 Å². The van der Waals surface area contributed by atoms with E-state index in [2.05, 4.69) is 12.2 Å². The van der Waals surface area contributed by atoms with Crippen LogP contribution >= 0.6 is 0 Å². The van der Waals surface area contributed by atoms with Crippen LogP contribution in [-0.2, 0) is 0 Å². The first kappa shape index (κ1) is 9.92. The molecule has 1 atom stereocenters. The minimum absolute atomic E-state index is 0.207. The summed E-state index contributed by atoms with van der Waals surface area (Å²) in [5.74, 6) is 0. The third-order valence-electron chi connectivity index (χ3n) is 1.40. The van der Waals surface area contributed by atoms with Gasteiger partial charge in [0.05, 0.1) is 6.10 Å². The first-order chi connectivity index (χ1) is 4.77. The summed E-state index contributed by atoms with van der Waals surface area (Å²) >= 11 is 0. The molecular weight excluding hydrogens is 126 g/mol. The van der Waals surface area contributed by atoms with Crippen molar-refractivity contribution in [2.45, 2.75) is 39.2 Å². The van der Waals surface area contributed by atoms with Crippen LogP contribution in [0.15, 0.2) is 0 Å². The summed E-state index contributed by atoms with van der Waals surface area (Å²) in [7, 11) is 0. The minimum Gasteiger partial charge on any atom is -0.392 e. The van der Waals surface area contributed by atoms with Gasteiger partial charge in [0.25, 0.3) is 0 Å². The zero-order valence-corrected chi connectivity index (χ0v) is 7.06. The van der Waals surface area contributed by atoms with Crippen LogP contribution in [-0.4, -0.2) is 24.3 Å². The van der Waals surface area contributed by atoms with Crippen LogP contribution < -0.4 is 5.32 Å². The maximum absolute atomic E-state index is 8.85. The van der Waals surface area contributed by atoms with Gasteiger partial charge in [0.15, 0.2) is 0 Å². The predicted molar refractivity (Wildman–Crippen MR) is 44.1 cm³/mol. The molecule has 0 aliphatic carbocycles. The van der Waals surface area contributed by atoms with E-state index in [0.717, 1.165) is 13.1 Å². The molecule has 2 heteroatoms. The highest BCUT2D eigenvalue weighted by atomic mass is 16.3. The standard InChI is InChI=1S/C8H19NO/c1-3-4-5-6-9-7-8(2)10/h8-10H,3-7H2,1-2H3/t8-/m0/s1. The molecule has 0 fully saturated rings. The molecule has 2 nitrogen and oxygen atoms in total. The van der Waals surface area contributed by atoms with E-state index >= 15 is 0 Å². The number of unbranched alkanes of at least 4 members (excludes halogenated alkanes) is 2. The Morgan fingerprint density at radius 1 is 1.40 bits per heavy atom. The van der Waals surface area contributed by atoms with Crippen LogP contribution in [0.2, 0.25) is 0 Å². The lowest BCUT2D eigenvalue weighted by Gasteiger charge is -2.05. The Balaban J connectivity index is 2.77. The van der Waals surface area contributed by atoms with E-state index in [1.807, 2.05) is 0 Å². The Hall–Kier alpha value is -0.0800.